The smallest absolute Gasteiger partial charge is 0.419 e. The Morgan fingerprint density at radius 2 is 2.00 bits per heavy atom. The van der Waals surface area contributed by atoms with Gasteiger partial charge in [0.15, 0.2) is 5.78 Å². The van der Waals surface area contributed by atoms with Gasteiger partial charge in [0.1, 0.15) is 11.6 Å². The fourth-order valence-electron chi connectivity index (χ4n) is 1.48. The van der Waals surface area contributed by atoms with Crippen molar-refractivity contribution in [3.8, 4) is 0 Å². The van der Waals surface area contributed by atoms with Crippen LogP contribution in [0.15, 0.2) is 4.99 Å². The fourth-order valence-corrected chi connectivity index (χ4v) is 1.48. The average molecular weight is 266 g/mol. The van der Waals surface area contributed by atoms with Crippen LogP contribution in [0.2, 0.25) is 0 Å². The van der Waals surface area contributed by atoms with E-state index in [0.29, 0.717) is 0 Å². The molecule has 0 aromatic carbocycles. The third kappa shape index (κ3) is 3.69. The Hall–Kier alpha value is -1.11. The highest BCUT2D eigenvalue weighted by molar-refractivity contribution is 5.95. The molecule has 2 atom stereocenters. The molecule has 0 unspecified atom stereocenters. The van der Waals surface area contributed by atoms with Crippen LogP contribution in [0.3, 0.4) is 0 Å². The van der Waals surface area contributed by atoms with E-state index in [1.54, 1.807) is 13.8 Å². The van der Waals surface area contributed by atoms with Crippen molar-refractivity contribution in [2.75, 3.05) is 6.61 Å². The standard InChI is InChI=1S/C11H16F3NO3/c1-6(2)4-7(8(16)10(3)5-18-10)15-9(17)11(12,13)14/h6-7H,4-5H2,1-3H3,(H,15,17)/p-1/t7-,10+/m0/s1. The van der Waals surface area contributed by atoms with Crippen molar-refractivity contribution in [3.63, 3.8) is 0 Å². The number of nitrogens with zero attached hydrogens (tertiary/aromatic N) is 1. The van der Waals surface area contributed by atoms with E-state index in [2.05, 4.69) is 4.99 Å². The van der Waals surface area contributed by atoms with E-state index >= 15 is 0 Å². The monoisotopic (exact) mass is 266 g/mol. The molecule has 0 amide bonds. The number of Topliss-reactive ketones (excluding diaryl/α,β-unsaturated/α-hetero) is 1. The van der Waals surface area contributed by atoms with Gasteiger partial charge in [0.05, 0.1) is 12.5 Å². The number of carbonyl (C=O) groups is 1. The van der Waals surface area contributed by atoms with Crippen LogP contribution in [0, 0.1) is 5.92 Å². The van der Waals surface area contributed by atoms with Crippen LogP contribution in [0.4, 0.5) is 13.2 Å². The third-order valence-corrected chi connectivity index (χ3v) is 2.61. The van der Waals surface area contributed by atoms with Gasteiger partial charge in [-0.15, -0.1) is 0 Å². The Bertz CT molecular complexity index is 359. The number of aliphatic imine (C=N–C) groups is 1. The normalized spacial score (nSPS) is 26.3. The highest BCUT2D eigenvalue weighted by Crippen LogP contribution is 2.31. The highest BCUT2D eigenvalue weighted by atomic mass is 19.4. The first-order valence-corrected chi connectivity index (χ1v) is 5.56. The van der Waals surface area contributed by atoms with Crippen molar-refractivity contribution in [1.82, 2.24) is 0 Å². The van der Waals surface area contributed by atoms with E-state index in [4.69, 9.17) is 4.74 Å². The van der Waals surface area contributed by atoms with Gasteiger partial charge in [0.25, 0.3) is 0 Å². The van der Waals surface area contributed by atoms with Crippen LogP contribution in [0.5, 0.6) is 0 Å². The van der Waals surface area contributed by atoms with E-state index < -0.39 is 29.5 Å². The molecule has 0 N–H and O–H groups in total. The summed E-state index contributed by atoms with van der Waals surface area (Å²) >= 11 is 0. The summed E-state index contributed by atoms with van der Waals surface area (Å²) < 4.78 is 41.3. The van der Waals surface area contributed by atoms with E-state index in [9.17, 15) is 23.1 Å². The Morgan fingerprint density at radius 3 is 2.33 bits per heavy atom. The number of ether oxygens (including phenoxy) is 1. The molecule has 1 heterocycles. The summed E-state index contributed by atoms with van der Waals surface area (Å²) in [5, 5.41) is 10.8. The maximum Gasteiger partial charge on any atom is 0.419 e. The van der Waals surface area contributed by atoms with Crippen molar-refractivity contribution in [2.45, 2.75) is 45.0 Å². The molecule has 1 aliphatic heterocycles. The summed E-state index contributed by atoms with van der Waals surface area (Å²) in [6.45, 7) is 5.13. The zero-order valence-corrected chi connectivity index (χ0v) is 10.4. The average Bonchev–Trinajstić information content (AvgIpc) is 2.93. The van der Waals surface area contributed by atoms with Gasteiger partial charge in [-0.2, -0.15) is 13.2 Å². The van der Waals surface area contributed by atoms with Crippen molar-refractivity contribution in [3.05, 3.63) is 0 Å². The Labute approximate surface area is 103 Å². The van der Waals surface area contributed by atoms with Crippen molar-refractivity contribution in [1.29, 1.82) is 0 Å². The van der Waals surface area contributed by atoms with Gasteiger partial charge in [0, 0.05) is 0 Å². The van der Waals surface area contributed by atoms with Crippen LogP contribution in [0.25, 0.3) is 0 Å². The summed E-state index contributed by atoms with van der Waals surface area (Å²) in [7, 11) is 0. The molecule has 0 aliphatic carbocycles. The Balaban J connectivity index is 2.89. The number of hydrogen-bond donors (Lipinski definition) is 0. The molecule has 0 spiro atoms. The molecule has 1 aliphatic rings. The minimum Gasteiger partial charge on any atom is -0.856 e. The third-order valence-electron chi connectivity index (χ3n) is 2.61. The van der Waals surface area contributed by atoms with E-state index in [1.807, 2.05) is 0 Å². The summed E-state index contributed by atoms with van der Waals surface area (Å²) in [5.41, 5.74) is -1.07. The lowest BCUT2D eigenvalue weighted by atomic mass is 9.94. The van der Waals surface area contributed by atoms with Crippen molar-refractivity contribution < 1.29 is 27.8 Å². The zero-order valence-electron chi connectivity index (χ0n) is 10.4. The van der Waals surface area contributed by atoms with Gasteiger partial charge in [-0.1, -0.05) is 13.8 Å². The van der Waals surface area contributed by atoms with E-state index in [1.165, 1.54) is 6.92 Å². The van der Waals surface area contributed by atoms with Gasteiger partial charge in [-0.3, -0.25) is 9.79 Å². The lowest BCUT2D eigenvalue weighted by molar-refractivity contribution is -0.263. The summed E-state index contributed by atoms with van der Waals surface area (Å²) in [6.07, 6.45) is -4.94. The molecular weight excluding hydrogens is 251 g/mol. The predicted octanol–water partition coefficient (Wildman–Crippen LogP) is 1.08. The van der Waals surface area contributed by atoms with Crippen LogP contribution in [0.1, 0.15) is 27.2 Å². The Kier molecular flexibility index (Phi) is 4.05. The van der Waals surface area contributed by atoms with E-state index in [0.717, 1.165) is 0 Å². The minimum atomic E-state index is -5.04. The van der Waals surface area contributed by atoms with Crippen LogP contribution in [-0.4, -0.2) is 36.1 Å². The number of ketones is 1. The van der Waals surface area contributed by atoms with Crippen molar-refractivity contribution >= 4 is 11.7 Å². The molecule has 18 heavy (non-hydrogen) atoms. The molecular formula is C11H15F3NO3-. The minimum absolute atomic E-state index is 0.0499. The second-order valence-electron chi connectivity index (χ2n) is 4.96. The molecule has 7 heteroatoms. The number of carbonyl (C=O) groups excluding carboxylic acids is 1. The van der Waals surface area contributed by atoms with Gasteiger partial charge in [-0.05, 0) is 19.3 Å². The molecule has 1 rings (SSSR count). The van der Waals surface area contributed by atoms with Crippen LogP contribution < -0.4 is 5.11 Å². The van der Waals surface area contributed by atoms with Gasteiger partial charge < -0.3 is 9.84 Å². The number of epoxide rings is 1. The Morgan fingerprint density at radius 1 is 1.50 bits per heavy atom. The van der Waals surface area contributed by atoms with Crippen molar-refractivity contribution in [2.24, 2.45) is 10.9 Å². The predicted molar refractivity (Wildman–Crippen MR) is 56.1 cm³/mol. The number of alkyl halides is 3. The molecule has 0 aromatic heterocycles. The van der Waals surface area contributed by atoms with Crippen LogP contribution >= 0.6 is 0 Å². The lowest BCUT2D eigenvalue weighted by Crippen LogP contribution is -2.40. The first kappa shape index (κ1) is 14.9. The summed E-state index contributed by atoms with van der Waals surface area (Å²) in [5.74, 6) is -2.83. The maximum absolute atomic E-state index is 12.1. The highest BCUT2D eigenvalue weighted by Gasteiger charge is 2.50. The lowest BCUT2D eigenvalue weighted by Gasteiger charge is -2.21. The summed E-state index contributed by atoms with van der Waals surface area (Å²) in [6, 6.07) is -1.29. The molecule has 1 fully saturated rings. The largest absolute Gasteiger partial charge is 0.856 e. The topological polar surface area (TPSA) is 65.0 Å². The number of hydrogen-bond acceptors (Lipinski definition) is 4. The second kappa shape index (κ2) is 4.87. The first-order valence-electron chi connectivity index (χ1n) is 5.56. The molecule has 0 radical (unpaired) electrons. The molecule has 0 bridgehead atoms. The van der Waals surface area contributed by atoms with Gasteiger partial charge >= 0.3 is 6.18 Å². The number of rotatable bonds is 5. The molecule has 0 aromatic rings. The molecule has 104 valence electrons. The SMILES string of the molecule is CC(C)C[C@H](N=C([O-])C(F)(F)F)C(=O)[C@@]1(C)CO1. The van der Waals surface area contributed by atoms with Crippen LogP contribution in [-0.2, 0) is 9.53 Å². The number of halogens is 3. The second-order valence-corrected chi connectivity index (χ2v) is 4.96. The maximum atomic E-state index is 12.1. The zero-order chi connectivity index (χ0) is 14.1. The van der Waals surface area contributed by atoms with Gasteiger partial charge in [0.2, 0.25) is 0 Å². The quantitative estimate of drug-likeness (QED) is 0.425. The fraction of sp³-hybridized carbons (Fsp3) is 0.818. The molecule has 1 saturated heterocycles. The van der Waals surface area contributed by atoms with Gasteiger partial charge in [-0.25, -0.2) is 0 Å². The summed E-state index contributed by atoms with van der Waals surface area (Å²) in [4.78, 5) is 14.9. The first-order chi connectivity index (χ1) is 8.06. The van der Waals surface area contributed by atoms with E-state index in [-0.39, 0.29) is 18.9 Å². The molecule has 0 saturated carbocycles. The molecule has 4 nitrogen and oxygen atoms in total.